The van der Waals surface area contributed by atoms with Gasteiger partial charge in [-0.1, -0.05) is 0 Å². The summed E-state index contributed by atoms with van der Waals surface area (Å²) in [5, 5.41) is 16.7. The van der Waals surface area contributed by atoms with Crippen molar-refractivity contribution in [3.63, 3.8) is 0 Å². The van der Waals surface area contributed by atoms with Crippen molar-refractivity contribution in [1.82, 2.24) is 4.98 Å². The first-order chi connectivity index (χ1) is 8.70. The Morgan fingerprint density at radius 3 is 3.00 bits per heavy atom. The van der Waals surface area contributed by atoms with Crippen LogP contribution in [-0.2, 0) is 6.54 Å². The summed E-state index contributed by atoms with van der Waals surface area (Å²) >= 11 is 1.53. The van der Waals surface area contributed by atoms with Gasteiger partial charge in [0.15, 0.2) is 5.75 Å². The third-order valence-corrected chi connectivity index (χ3v) is 3.08. The number of benzene rings is 1. The molecule has 94 valence electrons. The summed E-state index contributed by atoms with van der Waals surface area (Å²) in [5.74, 6) is 0.250. The molecule has 1 aromatic heterocycles. The van der Waals surface area contributed by atoms with Crippen LogP contribution in [0.3, 0.4) is 0 Å². The highest BCUT2D eigenvalue weighted by atomic mass is 32.1. The molecule has 0 bridgehead atoms. The Bertz CT molecular complexity index is 542. The van der Waals surface area contributed by atoms with Crippen LogP contribution >= 0.6 is 11.3 Å². The highest BCUT2D eigenvalue weighted by Gasteiger charge is 2.14. The van der Waals surface area contributed by atoms with Crippen molar-refractivity contribution in [2.75, 3.05) is 12.4 Å². The van der Waals surface area contributed by atoms with Gasteiger partial charge in [0.2, 0.25) is 0 Å². The van der Waals surface area contributed by atoms with Crippen LogP contribution in [0.4, 0.5) is 11.4 Å². The van der Waals surface area contributed by atoms with Gasteiger partial charge in [-0.3, -0.25) is 10.1 Å². The van der Waals surface area contributed by atoms with E-state index in [-0.39, 0.29) is 11.4 Å². The van der Waals surface area contributed by atoms with Crippen molar-refractivity contribution in [3.05, 3.63) is 44.9 Å². The maximum Gasteiger partial charge on any atom is 0.312 e. The topological polar surface area (TPSA) is 77.3 Å². The average molecular weight is 265 g/mol. The van der Waals surface area contributed by atoms with Gasteiger partial charge >= 0.3 is 5.69 Å². The number of methoxy groups -OCH3 is 1. The molecule has 2 rings (SSSR count). The third-order valence-electron chi connectivity index (χ3n) is 2.30. The van der Waals surface area contributed by atoms with Gasteiger partial charge in [-0.05, 0) is 12.1 Å². The lowest BCUT2D eigenvalue weighted by molar-refractivity contribution is -0.385. The van der Waals surface area contributed by atoms with Crippen molar-refractivity contribution in [2.45, 2.75) is 6.54 Å². The van der Waals surface area contributed by atoms with Gasteiger partial charge in [0, 0.05) is 23.3 Å². The Balaban J connectivity index is 2.14. The van der Waals surface area contributed by atoms with Crippen LogP contribution in [0.15, 0.2) is 29.8 Å². The summed E-state index contributed by atoms with van der Waals surface area (Å²) in [6, 6.07) is 4.76. The molecular formula is C11H11N3O3S. The van der Waals surface area contributed by atoms with Crippen LogP contribution < -0.4 is 10.1 Å². The summed E-state index contributed by atoms with van der Waals surface area (Å²) in [4.78, 5) is 14.5. The van der Waals surface area contributed by atoms with E-state index in [2.05, 4.69) is 10.3 Å². The lowest BCUT2D eigenvalue weighted by Crippen LogP contribution is -2.00. The Hall–Kier alpha value is -2.15. The number of ether oxygens (including phenoxy) is 1. The second kappa shape index (κ2) is 5.46. The molecule has 0 spiro atoms. The van der Waals surface area contributed by atoms with E-state index in [1.807, 2.05) is 5.38 Å². The molecule has 0 amide bonds. The molecule has 7 heteroatoms. The average Bonchev–Trinajstić information content (AvgIpc) is 2.89. The summed E-state index contributed by atoms with van der Waals surface area (Å²) < 4.78 is 4.93. The lowest BCUT2D eigenvalue weighted by atomic mass is 10.2. The minimum absolute atomic E-state index is 0.0540. The molecule has 0 unspecified atom stereocenters. The maximum absolute atomic E-state index is 10.9. The van der Waals surface area contributed by atoms with Crippen LogP contribution in [0, 0.1) is 10.1 Å². The fourth-order valence-electron chi connectivity index (χ4n) is 1.46. The lowest BCUT2D eigenvalue weighted by Gasteiger charge is -2.06. The molecule has 0 saturated heterocycles. The molecule has 2 aromatic rings. The summed E-state index contributed by atoms with van der Waals surface area (Å²) in [7, 11) is 1.41. The number of nitrogens with zero attached hydrogens (tertiary/aromatic N) is 2. The predicted octanol–water partition coefficient (Wildman–Crippen LogP) is 2.67. The number of nitrogens with one attached hydrogen (secondary N) is 1. The van der Waals surface area contributed by atoms with Gasteiger partial charge in [-0.15, -0.1) is 11.3 Å². The van der Waals surface area contributed by atoms with Crippen molar-refractivity contribution in [1.29, 1.82) is 0 Å². The quantitative estimate of drug-likeness (QED) is 0.664. The number of anilines is 1. The first-order valence-corrected chi connectivity index (χ1v) is 6.03. The normalized spacial score (nSPS) is 10.1. The number of nitro groups is 1. The van der Waals surface area contributed by atoms with Crippen molar-refractivity contribution >= 4 is 22.7 Å². The van der Waals surface area contributed by atoms with Gasteiger partial charge in [0.05, 0.1) is 18.6 Å². The van der Waals surface area contributed by atoms with E-state index in [4.69, 9.17) is 4.74 Å². The Morgan fingerprint density at radius 1 is 1.56 bits per heavy atom. The third kappa shape index (κ3) is 2.75. The summed E-state index contributed by atoms with van der Waals surface area (Å²) in [6.45, 7) is 0.543. The zero-order valence-electron chi connectivity index (χ0n) is 9.62. The van der Waals surface area contributed by atoms with Crippen LogP contribution in [0.5, 0.6) is 5.75 Å². The van der Waals surface area contributed by atoms with Gasteiger partial charge in [-0.2, -0.15) is 0 Å². The Morgan fingerprint density at radius 2 is 2.39 bits per heavy atom. The van der Waals surface area contributed by atoms with E-state index in [0.717, 1.165) is 5.01 Å². The Kier molecular flexibility index (Phi) is 3.73. The van der Waals surface area contributed by atoms with Crippen molar-refractivity contribution in [3.8, 4) is 5.75 Å². The van der Waals surface area contributed by atoms with Gasteiger partial charge in [0.1, 0.15) is 5.01 Å². The number of aromatic nitrogens is 1. The second-order valence-corrected chi connectivity index (χ2v) is 4.40. The fraction of sp³-hybridized carbons (Fsp3) is 0.182. The van der Waals surface area contributed by atoms with E-state index < -0.39 is 4.92 Å². The molecule has 0 saturated carbocycles. The smallest absolute Gasteiger partial charge is 0.312 e. The molecule has 0 aliphatic rings. The zero-order valence-corrected chi connectivity index (χ0v) is 10.4. The highest BCUT2D eigenvalue weighted by Crippen LogP contribution is 2.29. The molecule has 1 aromatic carbocycles. The summed E-state index contributed by atoms with van der Waals surface area (Å²) in [6.07, 6.45) is 1.72. The minimum Gasteiger partial charge on any atom is -0.490 e. The fourth-order valence-corrected chi connectivity index (χ4v) is 2.02. The van der Waals surface area contributed by atoms with Gasteiger partial charge in [-0.25, -0.2) is 4.98 Å². The minimum atomic E-state index is -0.465. The maximum atomic E-state index is 10.9. The van der Waals surface area contributed by atoms with Crippen LogP contribution in [0.2, 0.25) is 0 Å². The largest absolute Gasteiger partial charge is 0.490 e. The predicted molar refractivity (Wildman–Crippen MR) is 69.1 cm³/mol. The molecule has 1 N–H and O–H groups in total. The first kappa shape index (κ1) is 12.3. The van der Waals surface area contributed by atoms with E-state index >= 15 is 0 Å². The van der Waals surface area contributed by atoms with Crippen LogP contribution in [0.25, 0.3) is 0 Å². The molecule has 0 radical (unpaired) electrons. The van der Waals surface area contributed by atoms with Gasteiger partial charge in [0.25, 0.3) is 0 Å². The van der Waals surface area contributed by atoms with E-state index in [9.17, 15) is 10.1 Å². The number of rotatable bonds is 5. The molecule has 6 nitrogen and oxygen atoms in total. The van der Waals surface area contributed by atoms with E-state index in [0.29, 0.717) is 12.2 Å². The van der Waals surface area contributed by atoms with Crippen molar-refractivity contribution in [2.24, 2.45) is 0 Å². The summed E-state index contributed by atoms with van der Waals surface area (Å²) in [5.41, 5.74) is 0.610. The molecule has 0 fully saturated rings. The second-order valence-electron chi connectivity index (χ2n) is 3.42. The van der Waals surface area contributed by atoms with Crippen molar-refractivity contribution < 1.29 is 9.66 Å². The SMILES string of the molecule is COc1ccc(NCc2nccs2)cc1[N+](=O)[O-]. The number of thiazole rings is 1. The highest BCUT2D eigenvalue weighted by molar-refractivity contribution is 7.09. The van der Waals surface area contributed by atoms with E-state index in [1.54, 1.807) is 18.3 Å². The van der Waals surface area contributed by atoms with Crippen LogP contribution in [0.1, 0.15) is 5.01 Å². The molecule has 18 heavy (non-hydrogen) atoms. The molecule has 0 aliphatic heterocycles. The number of nitro benzene ring substituents is 1. The Labute approximate surface area is 107 Å². The molecular weight excluding hydrogens is 254 g/mol. The molecule has 0 aliphatic carbocycles. The number of hydrogen-bond donors (Lipinski definition) is 1. The standard InChI is InChI=1S/C11H11N3O3S/c1-17-10-3-2-8(6-9(10)14(15)16)13-7-11-12-4-5-18-11/h2-6,13H,7H2,1H3. The van der Waals surface area contributed by atoms with Gasteiger partial charge < -0.3 is 10.1 Å². The van der Waals surface area contributed by atoms with Crippen LogP contribution in [-0.4, -0.2) is 17.0 Å². The monoisotopic (exact) mass is 265 g/mol. The number of hydrogen-bond acceptors (Lipinski definition) is 6. The molecule has 0 atom stereocenters. The first-order valence-electron chi connectivity index (χ1n) is 5.15. The molecule has 1 heterocycles. The zero-order chi connectivity index (χ0) is 13.0. The van der Waals surface area contributed by atoms with E-state index in [1.165, 1.54) is 24.5 Å².